The largest absolute Gasteiger partial charge is 0.457 e. The van der Waals surface area contributed by atoms with Crippen LogP contribution in [-0.2, 0) is 16.1 Å². The SMILES string of the molecule is CC.CC(C)C.N=C(N)c1csc(CNC(=O)C2CCCN2C(=O)CNC(=O)c2ccc(Oc3ccccc3)cc2)c1.O=NC(F)F. The first kappa shape index (κ1) is 40.3. The summed E-state index contributed by atoms with van der Waals surface area (Å²) >= 11 is 1.41. The van der Waals surface area contributed by atoms with E-state index in [4.69, 9.17) is 20.8 Å². The molecule has 47 heavy (non-hydrogen) atoms. The van der Waals surface area contributed by atoms with Crippen molar-refractivity contribution in [3.63, 3.8) is 0 Å². The number of carbonyl (C=O) groups excluding carboxylic acids is 3. The van der Waals surface area contributed by atoms with Crippen LogP contribution in [0.5, 0.6) is 11.5 Å². The van der Waals surface area contributed by atoms with Gasteiger partial charge in [0.15, 0.2) is 0 Å². The second kappa shape index (κ2) is 21.9. The summed E-state index contributed by atoms with van der Waals surface area (Å²) in [5, 5.41) is 16.0. The molecule has 1 fully saturated rings. The third-order valence-electron chi connectivity index (χ3n) is 5.85. The van der Waals surface area contributed by atoms with E-state index >= 15 is 0 Å². The third-order valence-corrected chi connectivity index (χ3v) is 6.79. The molecule has 2 aromatic carbocycles. The zero-order chi connectivity index (χ0) is 35.4. The first-order valence-electron chi connectivity index (χ1n) is 15.1. The van der Waals surface area contributed by atoms with Gasteiger partial charge < -0.3 is 26.0 Å². The number of nitrogen functional groups attached to an aromatic ring is 1. The van der Waals surface area contributed by atoms with Crippen molar-refractivity contribution in [3.8, 4) is 11.5 Å². The van der Waals surface area contributed by atoms with Gasteiger partial charge in [-0.15, -0.1) is 16.2 Å². The molecule has 11 nitrogen and oxygen atoms in total. The highest BCUT2D eigenvalue weighted by Gasteiger charge is 2.33. The van der Waals surface area contributed by atoms with Gasteiger partial charge >= 0.3 is 6.55 Å². The summed E-state index contributed by atoms with van der Waals surface area (Å²) in [5.41, 5.74) is 6.50. The summed E-state index contributed by atoms with van der Waals surface area (Å²) in [7, 11) is 0. The third kappa shape index (κ3) is 15.4. The number of nitrogens with two attached hydrogens (primary N) is 1. The Balaban J connectivity index is 0.000000877. The van der Waals surface area contributed by atoms with Crippen molar-refractivity contribution in [2.45, 2.75) is 66.6 Å². The number of ether oxygens (including phenoxy) is 1. The van der Waals surface area contributed by atoms with E-state index in [0.717, 1.165) is 10.8 Å². The van der Waals surface area contributed by atoms with E-state index in [2.05, 4.69) is 31.4 Å². The number of nitroso groups, excluding NO2 is 1. The number of amides is 3. The van der Waals surface area contributed by atoms with Crippen molar-refractivity contribution in [1.82, 2.24) is 15.5 Å². The molecule has 1 aliphatic rings. The maximum Gasteiger partial charge on any atom is 0.367 e. The van der Waals surface area contributed by atoms with Crippen LogP contribution >= 0.6 is 11.3 Å². The molecule has 0 bridgehead atoms. The molecule has 2 heterocycles. The number of hydrogen-bond donors (Lipinski definition) is 4. The summed E-state index contributed by atoms with van der Waals surface area (Å²) in [6, 6.07) is 17.2. The summed E-state index contributed by atoms with van der Waals surface area (Å²) in [6.45, 7) is 8.02. The molecular formula is C33H44F2N6O5S. The van der Waals surface area contributed by atoms with E-state index in [-0.39, 0.29) is 30.1 Å². The quantitative estimate of drug-likeness (QED) is 0.0826. The number of alkyl halides is 2. The van der Waals surface area contributed by atoms with Gasteiger partial charge in [-0.3, -0.25) is 19.8 Å². The predicted octanol–water partition coefficient (Wildman–Crippen LogP) is 6.53. The number of amidine groups is 1. The van der Waals surface area contributed by atoms with E-state index in [0.29, 0.717) is 48.6 Å². The molecule has 3 amide bonds. The van der Waals surface area contributed by atoms with Crippen molar-refractivity contribution in [2.75, 3.05) is 13.1 Å². The maximum absolute atomic E-state index is 12.8. The number of thiophene rings is 1. The fraction of sp³-hybridized carbons (Fsp3) is 0.394. The molecular weight excluding hydrogens is 630 g/mol. The van der Waals surface area contributed by atoms with Crippen LogP contribution in [0.15, 0.2) is 71.2 Å². The molecule has 1 saturated heterocycles. The van der Waals surface area contributed by atoms with Crippen LogP contribution in [0.3, 0.4) is 0 Å². The van der Waals surface area contributed by atoms with Crippen molar-refractivity contribution < 1.29 is 27.9 Å². The summed E-state index contributed by atoms with van der Waals surface area (Å²) in [4.78, 5) is 48.9. The molecule has 0 aliphatic carbocycles. The molecule has 1 aromatic heterocycles. The molecule has 4 rings (SSSR count). The Kier molecular flexibility index (Phi) is 18.8. The zero-order valence-corrected chi connectivity index (χ0v) is 28.1. The smallest absolute Gasteiger partial charge is 0.367 e. The number of hydrogen-bond acceptors (Lipinski definition) is 8. The minimum atomic E-state index is -3.05. The number of nitrogens with one attached hydrogen (secondary N) is 3. The van der Waals surface area contributed by atoms with Crippen molar-refractivity contribution in [2.24, 2.45) is 16.8 Å². The summed E-state index contributed by atoms with van der Waals surface area (Å²) in [5.74, 6) is 1.18. The normalized spacial score (nSPS) is 13.1. The Morgan fingerprint density at radius 2 is 1.60 bits per heavy atom. The second-order valence-electron chi connectivity index (χ2n) is 10.4. The van der Waals surface area contributed by atoms with Crippen molar-refractivity contribution in [1.29, 1.82) is 5.41 Å². The van der Waals surface area contributed by atoms with Crippen LogP contribution < -0.4 is 21.1 Å². The lowest BCUT2D eigenvalue weighted by Crippen LogP contribution is -2.48. The van der Waals surface area contributed by atoms with Crippen LogP contribution in [0, 0.1) is 16.2 Å². The van der Waals surface area contributed by atoms with Gasteiger partial charge in [0.05, 0.1) is 13.1 Å². The van der Waals surface area contributed by atoms with Gasteiger partial charge in [-0.05, 0) is 61.2 Å². The lowest BCUT2D eigenvalue weighted by atomic mass is 10.2. The predicted molar refractivity (Wildman–Crippen MR) is 181 cm³/mol. The molecule has 1 unspecified atom stereocenters. The lowest BCUT2D eigenvalue weighted by Gasteiger charge is -2.24. The molecule has 0 radical (unpaired) electrons. The average molecular weight is 675 g/mol. The molecule has 3 aromatic rings. The average Bonchev–Trinajstić information content (AvgIpc) is 3.75. The number of likely N-dealkylation sites (tertiary alicyclic amines) is 1. The van der Waals surface area contributed by atoms with Crippen LogP contribution in [0.25, 0.3) is 0 Å². The van der Waals surface area contributed by atoms with Gasteiger partial charge in [-0.2, -0.15) is 8.78 Å². The second-order valence-corrected chi connectivity index (χ2v) is 11.4. The fourth-order valence-corrected chi connectivity index (χ4v) is 4.73. The molecule has 0 spiro atoms. The van der Waals surface area contributed by atoms with Gasteiger partial charge in [-0.25, -0.2) is 0 Å². The van der Waals surface area contributed by atoms with Gasteiger partial charge in [0, 0.05) is 33.1 Å². The van der Waals surface area contributed by atoms with Gasteiger partial charge in [0.1, 0.15) is 23.4 Å². The van der Waals surface area contributed by atoms with E-state index in [1.165, 1.54) is 21.4 Å². The molecule has 0 saturated carbocycles. The highest BCUT2D eigenvalue weighted by Crippen LogP contribution is 2.22. The summed E-state index contributed by atoms with van der Waals surface area (Å²) < 4.78 is 26.3. The Hall–Kier alpha value is -4.72. The minimum absolute atomic E-state index is 0.0186. The van der Waals surface area contributed by atoms with Crippen molar-refractivity contribution in [3.05, 3.63) is 87.0 Å². The van der Waals surface area contributed by atoms with Crippen LogP contribution in [0.1, 0.15) is 68.3 Å². The van der Waals surface area contributed by atoms with E-state index in [1.54, 1.807) is 35.7 Å². The number of benzene rings is 2. The van der Waals surface area contributed by atoms with Crippen molar-refractivity contribution >= 4 is 34.9 Å². The Bertz CT molecular complexity index is 1400. The first-order chi connectivity index (χ1) is 22.4. The maximum atomic E-state index is 12.8. The molecule has 14 heteroatoms. The first-order valence-corrected chi connectivity index (χ1v) is 16.0. The fourth-order valence-electron chi connectivity index (χ4n) is 3.90. The Morgan fingerprint density at radius 1 is 1.02 bits per heavy atom. The minimum Gasteiger partial charge on any atom is -0.457 e. The van der Waals surface area contributed by atoms with E-state index in [1.807, 2.05) is 44.2 Å². The van der Waals surface area contributed by atoms with Crippen LogP contribution in [-0.4, -0.2) is 54.1 Å². The van der Waals surface area contributed by atoms with Crippen LogP contribution in [0.2, 0.25) is 0 Å². The highest BCUT2D eigenvalue weighted by atomic mass is 32.1. The summed E-state index contributed by atoms with van der Waals surface area (Å²) in [6.07, 6.45) is 1.28. The van der Waals surface area contributed by atoms with Crippen LogP contribution in [0.4, 0.5) is 8.78 Å². The highest BCUT2D eigenvalue weighted by molar-refractivity contribution is 7.10. The topological polar surface area (TPSA) is 167 Å². The standard InChI is InChI=1S/C26H27N5O4S.C4H10.C2H6.CHF2NO/c27-24(28)18-13-21(36-16-18)14-29-26(34)22-7-4-12-31(22)23(32)15-30-25(33)17-8-10-20(11-9-17)35-19-5-2-1-3-6-19;1-4(2)3;1-2;2-1(3)4-5/h1-3,5-6,8-11,13,16,22H,4,7,12,14-15H2,(H3,27,28)(H,29,34)(H,30,33);4H,1-3H3;1-2H3;1H. The Labute approximate surface area is 278 Å². The van der Waals surface area contributed by atoms with E-state index in [9.17, 15) is 23.2 Å². The number of nitrogens with zero attached hydrogens (tertiary/aromatic N) is 2. The number of halogens is 2. The molecule has 1 aliphatic heterocycles. The Morgan fingerprint density at radius 3 is 2.13 bits per heavy atom. The zero-order valence-electron chi connectivity index (χ0n) is 27.3. The number of carbonyl (C=O) groups is 3. The number of para-hydroxylation sites is 1. The van der Waals surface area contributed by atoms with E-state index < -0.39 is 12.6 Å². The van der Waals surface area contributed by atoms with Gasteiger partial charge in [-0.1, -0.05) is 52.8 Å². The van der Waals surface area contributed by atoms with Gasteiger partial charge in [0.25, 0.3) is 5.91 Å². The monoisotopic (exact) mass is 674 g/mol. The molecule has 5 N–H and O–H groups in total. The number of rotatable bonds is 10. The molecule has 1 atom stereocenters. The van der Waals surface area contributed by atoms with Gasteiger partial charge in [0.2, 0.25) is 11.8 Å². The lowest BCUT2D eigenvalue weighted by molar-refractivity contribution is -0.137. The molecule has 256 valence electrons.